The fourth-order valence-electron chi connectivity index (χ4n) is 6.93. The van der Waals surface area contributed by atoms with Crippen molar-refractivity contribution in [1.29, 1.82) is 5.26 Å². The standard InChI is InChI=1S/C30H37ClN4O3/c1-29(2)12-9-19(25(36)16-29)13-21(17-32)33-27(37)24-15-30(10-4-3-5-11-30)18-35(24)28(38)23-14-20-7-6-8-22(31)26(20)34-23/h6-8,14,19,21,24,34H,3-5,9-13,15-16,18H2,1-2H3,(H,33,37). The van der Waals surface area contributed by atoms with E-state index in [1.807, 2.05) is 12.1 Å². The summed E-state index contributed by atoms with van der Waals surface area (Å²) in [4.78, 5) is 45.0. The van der Waals surface area contributed by atoms with Crippen LogP contribution in [0.4, 0.5) is 0 Å². The Morgan fingerprint density at radius 1 is 1.24 bits per heavy atom. The Morgan fingerprint density at radius 3 is 2.68 bits per heavy atom. The first kappa shape index (κ1) is 26.7. The van der Waals surface area contributed by atoms with Crippen LogP contribution in [0, 0.1) is 28.1 Å². The van der Waals surface area contributed by atoms with E-state index in [1.54, 1.807) is 17.0 Å². The van der Waals surface area contributed by atoms with Crippen molar-refractivity contribution in [3.63, 3.8) is 0 Å². The second-order valence-electron chi connectivity index (χ2n) is 12.6. The van der Waals surface area contributed by atoms with Crippen LogP contribution in [-0.2, 0) is 9.59 Å². The minimum Gasteiger partial charge on any atom is -0.349 e. The van der Waals surface area contributed by atoms with Crippen LogP contribution in [0.2, 0.25) is 5.02 Å². The van der Waals surface area contributed by atoms with Crippen molar-refractivity contribution < 1.29 is 14.4 Å². The van der Waals surface area contributed by atoms with E-state index in [9.17, 15) is 19.6 Å². The second kappa shape index (κ2) is 10.4. The molecule has 3 fully saturated rings. The van der Waals surface area contributed by atoms with Crippen molar-refractivity contribution in [2.45, 2.75) is 90.1 Å². The van der Waals surface area contributed by atoms with E-state index in [4.69, 9.17) is 11.6 Å². The number of nitrogens with zero attached hydrogens (tertiary/aromatic N) is 2. The number of halogens is 1. The van der Waals surface area contributed by atoms with Crippen LogP contribution >= 0.6 is 11.6 Å². The molecule has 3 unspecified atom stereocenters. The molecule has 7 nitrogen and oxygen atoms in total. The molecule has 38 heavy (non-hydrogen) atoms. The van der Waals surface area contributed by atoms with Gasteiger partial charge in [-0.25, -0.2) is 0 Å². The van der Waals surface area contributed by atoms with E-state index in [0.29, 0.717) is 42.0 Å². The number of H-pyrrole nitrogens is 1. The van der Waals surface area contributed by atoms with Gasteiger partial charge >= 0.3 is 0 Å². The molecule has 8 heteroatoms. The highest BCUT2D eigenvalue weighted by molar-refractivity contribution is 6.35. The number of hydrogen-bond acceptors (Lipinski definition) is 4. The van der Waals surface area contributed by atoms with Gasteiger partial charge in [-0.15, -0.1) is 0 Å². The first-order chi connectivity index (χ1) is 18.1. The van der Waals surface area contributed by atoms with Crippen LogP contribution in [0.5, 0.6) is 0 Å². The number of benzene rings is 1. The van der Waals surface area contributed by atoms with Gasteiger partial charge in [0, 0.05) is 24.3 Å². The van der Waals surface area contributed by atoms with Gasteiger partial charge in [0.2, 0.25) is 5.91 Å². The maximum atomic E-state index is 13.8. The molecule has 3 atom stereocenters. The zero-order valence-electron chi connectivity index (χ0n) is 22.3. The number of aromatic amines is 1. The molecule has 2 aliphatic carbocycles. The van der Waals surface area contributed by atoms with Crippen molar-refractivity contribution >= 4 is 40.1 Å². The molecule has 1 aromatic heterocycles. The lowest BCUT2D eigenvalue weighted by Gasteiger charge is -2.34. The number of rotatable bonds is 5. The number of likely N-dealkylation sites (tertiary alicyclic amines) is 1. The molecule has 3 aliphatic rings. The maximum Gasteiger partial charge on any atom is 0.271 e. The van der Waals surface area contributed by atoms with Crippen molar-refractivity contribution in [2.24, 2.45) is 16.7 Å². The van der Waals surface area contributed by atoms with Crippen molar-refractivity contribution in [3.8, 4) is 6.07 Å². The molecule has 2 amide bonds. The van der Waals surface area contributed by atoms with Gasteiger partial charge in [0.15, 0.2) is 0 Å². The van der Waals surface area contributed by atoms with Gasteiger partial charge in [0.25, 0.3) is 5.91 Å². The van der Waals surface area contributed by atoms with Crippen molar-refractivity contribution in [3.05, 3.63) is 35.0 Å². The van der Waals surface area contributed by atoms with E-state index < -0.39 is 12.1 Å². The average Bonchev–Trinajstić information content (AvgIpc) is 3.48. The number of hydrogen-bond donors (Lipinski definition) is 2. The van der Waals surface area contributed by atoms with Crippen LogP contribution in [0.15, 0.2) is 24.3 Å². The summed E-state index contributed by atoms with van der Waals surface area (Å²) in [6.07, 6.45) is 8.45. The number of Topliss-reactive ketones (excluding diaryl/α,β-unsaturated/α-hetero) is 1. The average molecular weight is 537 g/mol. The predicted octanol–water partition coefficient (Wildman–Crippen LogP) is 5.78. The Bertz CT molecular complexity index is 1290. The molecule has 1 aromatic carbocycles. The van der Waals surface area contributed by atoms with E-state index in [0.717, 1.165) is 43.9 Å². The third-order valence-electron chi connectivity index (χ3n) is 9.09. The summed E-state index contributed by atoms with van der Waals surface area (Å²) in [5.41, 5.74) is 1.03. The zero-order chi connectivity index (χ0) is 27.1. The highest BCUT2D eigenvalue weighted by atomic mass is 35.5. The monoisotopic (exact) mass is 536 g/mol. The second-order valence-corrected chi connectivity index (χ2v) is 13.0. The number of ketones is 1. The first-order valence-corrected chi connectivity index (χ1v) is 14.3. The number of aromatic nitrogens is 1. The molecule has 1 spiro atoms. The molecule has 1 aliphatic heterocycles. The normalized spacial score (nSPS) is 25.3. The van der Waals surface area contributed by atoms with Crippen molar-refractivity contribution in [1.82, 2.24) is 15.2 Å². The topological polar surface area (TPSA) is 106 Å². The highest BCUT2D eigenvalue weighted by Crippen LogP contribution is 2.47. The van der Waals surface area contributed by atoms with Gasteiger partial charge < -0.3 is 15.2 Å². The summed E-state index contributed by atoms with van der Waals surface area (Å²) >= 11 is 6.33. The minimum atomic E-state index is -0.760. The number of carbonyl (C=O) groups is 3. The summed E-state index contributed by atoms with van der Waals surface area (Å²) < 4.78 is 0. The number of nitriles is 1. The molecule has 2 aromatic rings. The largest absolute Gasteiger partial charge is 0.349 e. The summed E-state index contributed by atoms with van der Waals surface area (Å²) in [7, 11) is 0. The quantitative estimate of drug-likeness (QED) is 0.505. The van der Waals surface area contributed by atoms with Crippen LogP contribution in [0.1, 0.15) is 88.5 Å². The molecule has 0 radical (unpaired) electrons. The first-order valence-electron chi connectivity index (χ1n) is 13.9. The maximum absolute atomic E-state index is 13.8. The molecule has 2 heterocycles. The van der Waals surface area contributed by atoms with Gasteiger partial charge in [-0.2, -0.15) is 5.26 Å². The van der Waals surface area contributed by atoms with E-state index in [1.165, 1.54) is 6.42 Å². The Labute approximate surface area is 229 Å². The molecular formula is C30H37ClN4O3. The molecule has 202 valence electrons. The fraction of sp³-hybridized carbons (Fsp3) is 0.600. The molecule has 0 bridgehead atoms. The lowest BCUT2D eigenvalue weighted by atomic mass is 9.71. The van der Waals surface area contributed by atoms with Crippen LogP contribution < -0.4 is 5.32 Å². The van der Waals surface area contributed by atoms with Gasteiger partial charge in [0.1, 0.15) is 23.6 Å². The Kier molecular flexibility index (Phi) is 7.30. The lowest BCUT2D eigenvalue weighted by Crippen LogP contribution is -2.49. The number of nitrogens with one attached hydrogen (secondary N) is 2. The van der Waals surface area contributed by atoms with Crippen LogP contribution in [0.3, 0.4) is 0 Å². The van der Waals surface area contributed by atoms with Gasteiger partial charge in [-0.3, -0.25) is 14.4 Å². The van der Waals surface area contributed by atoms with Gasteiger partial charge in [-0.05, 0) is 61.5 Å². The summed E-state index contributed by atoms with van der Waals surface area (Å²) in [5, 5.41) is 14.2. The SMILES string of the molecule is CC1(C)CCC(CC(C#N)NC(=O)C2CC3(CCCCC3)CN2C(=O)c2cc3cccc(Cl)c3[nH]2)C(=O)C1. The third-order valence-corrected chi connectivity index (χ3v) is 9.41. The third kappa shape index (κ3) is 5.33. The molecular weight excluding hydrogens is 500 g/mol. The number of carbonyl (C=O) groups excluding carboxylic acids is 3. The summed E-state index contributed by atoms with van der Waals surface area (Å²) in [6, 6.07) is 8.10. The summed E-state index contributed by atoms with van der Waals surface area (Å²) in [6.45, 7) is 4.72. The molecule has 2 saturated carbocycles. The van der Waals surface area contributed by atoms with Gasteiger partial charge in [0.05, 0.1) is 16.6 Å². The number of para-hydroxylation sites is 1. The Balaban J connectivity index is 1.35. The number of amides is 2. The van der Waals surface area contributed by atoms with Crippen LogP contribution in [0.25, 0.3) is 10.9 Å². The zero-order valence-corrected chi connectivity index (χ0v) is 23.1. The lowest BCUT2D eigenvalue weighted by molar-refractivity contribution is -0.129. The van der Waals surface area contributed by atoms with E-state index in [-0.39, 0.29) is 34.3 Å². The molecule has 2 N–H and O–H groups in total. The number of fused-ring (bicyclic) bond motifs is 1. The highest BCUT2D eigenvalue weighted by Gasteiger charge is 2.49. The molecule has 5 rings (SSSR count). The van der Waals surface area contributed by atoms with Crippen molar-refractivity contribution in [2.75, 3.05) is 6.54 Å². The van der Waals surface area contributed by atoms with Gasteiger partial charge in [-0.1, -0.05) is 56.8 Å². The minimum absolute atomic E-state index is 0.00909. The van der Waals surface area contributed by atoms with E-state index >= 15 is 0 Å². The van der Waals surface area contributed by atoms with Crippen LogP contribution in [-0.4, -0.2) is 46.1 Å². The Morgan fingerprint density at radius 2 is 2.00 bits per heavy atom. The summed E-state index contributed by atoms with van der Waals surface area (Å²) in [5.74, 6) is -0.565. The fourth-order valence-corrected chi connectivity index (χ4v) is 7.16. The molecule has 1 saturated heterocycles. The smallest absolute Gasteiger partial charge is 0.271 e. The van der Waals surface area contributed by atoms with E-state index in [2.05, 4.69) is 30.2 Å². The predicted molar refractivity (Wildman–Crippen MR) is 147 cm³/mol. The Hall–Kier alpha value is -2.85.